The molecule has 0 spiro atoms. The Balaban J connectivity index is -0.000000125. The summed E-state index contributed by atoms with van der Waals surface area (Å²) in [5.74, 6) is 0. The summed E-state index contributed by atoms with van der Waals surface area (Å²) in [5, 5.41) is 0. The minimum absolute atomic E-state index is 0. The maximum Gasteiger partial charge on any atom is 1.00 e. The van der Waals surface area contributed by atoms with Gasteiger partial charge in [-0.25, -0.2) is 4.57 Å². The van der Waals surface area contributed by atoms with E-state index < -0.39 is 7.82 Å². The van der Waals surface area contributed by atoms with Crippen LogP contribution in [0.1, 0.15) is 1.43 Å². The van der Waals surface area contributed by atoms with Crippen LogP contribution in [0.2, 0.25) is 0 Å². The van der Waals surface area contributed by atoms with E-state index in [1.165, 1.54) is 9.47 Å². The zero-order chi connectivity index (χ0) is 5.21. The molecule has 1 atom stereocenters. The number of phosphoric acid groups is 1. The monoisotopic (exact) mass is 154 g/mol. The predicted octanol–water partition coefficient (Wildman–Crippen LogP) is -3.00. The molecule has 0 bridgehead atoms. The molecule has 0 aromatic carbocycles. The molecule has 0 aliphatic heterocycles. The minimum atomic E-state index is -4.18. The van der Waals surface area contributed by atoms with Crippen LogP contribution in [0.15, 0.2) is 0 Å². The molecule has 2 N–H and O–H groups in total. The molecule has 0 aromatic rings. The molecule has 4 nitrogen and oxygen atoms in total. The fourth-order valence-corrected chi connectivity index (χ4v) is 0. The summed E-state index contributed by atoms with van der Waals surface area (Å²) in [6, 6.07) is 0. The molecule has 0 heterocycles. The van der Waals surface area contributed by atoms with Crippen molar-refractivity contribution in [3.63, 3.8) is 0 Å². The zero-order valence-corrected chi connectivity index (χ0v) is 7.78. The molecule has 40 valence electrons. The molecule has 0 saturated carbocycles. The first-order chi connectivity index (χ1) is 2.56. The van der Waals surface area contributed by atoms with Crippen LogP contribution < -0.4 is 29.6 Å². The molecule has 7 heteroatoms. The standard InChI is InChI=1S/Na.H4O4P2.H/c;1-6(2,3)4-5;/h;5H2,(H2,1,2,3);/q+1;;-1. The third-order valence-corrected chi connectivity index (χ3v) is 1.24. The normalized spacial score (nSPS) is 10.1. The Bertz CT molecular complexity index is 78.1. The second-order valence-electron chi connectivity index (χ2n) is 0.596. The van der Waals surface area contributed by atoms with Gasteiger partial charge >= 0.3 is 37.4 Å². The van der Waals surface area contributed by atoms with E-state index >= 15 is 0 Å². The first kappa shape index (κ1) is 11.4. The molecule has 0 radical (unpaired) electrons. The molecule has 0 aliphatic rings. The van der Waals surface area contributed by atoms with Gasteiger partial charge in [0.15, 0.2) is 0 Å². The molecule has 0 fully saturated rings. The first-order valence-electron chi connectivity index (χ1n) is 1.00. The average Bonchev–Trinajstić information content (AvgIpc) is 1.35. The third-order valence-electron chi connectivity index (χ3n) is 0.137. The summed E-state index contributed by atoms with van der Waals surface area (Å²) in [4.78, 5) is 15.4. The maximum atomic E-state index is 9.45. The van der Waals surface area contributed by atoms with Gasteiger partial charge in [0, 0.05) is 9.47 Å². The molecular weight excluding hydrogens is 149 g/mol. The Labute approximate surface area is 66.9 Å². The van der Waals surface area contributed by atoms with Crippen LogP contribution in [-0.4, -0.2) is 9.79 Å². The van der Waals surface area contributed by atoms with Crippen molar-refractivity contribution in [3.8, 4) is 0 Å². The van der Waals surface area contributed by atoms with Crippen molar-refractivity contribution in [2.24, 2.45) is 0 Å². The molecule has 1 unspecified atom stereocenters. The van der Waals surface area contributed by atoms with Gasteiger partial charge in [0.2, 0.25) is 0 Å². The van der Waals surface area contributed by atoms with Gasteiger partial charge in [-0.3, -0.25) is 4.31 Å². The van der Waals surface area contributed by atoms with E-state index in [2.05, 4.69) is 4.31 Å². The summed E-state index contributed by atoms with van der Waals surface area (Å²) in [5.41, 5.74) is 0. The number of hydrogen-bond donors (Lipinski definition) is 2. The van der Waals surface area contributed by atoms with E-state index in [9.17, 15) is 4.57 Å². The largest absolute Gasteiger partial charge is 1.00 e. The van der Waals surface area contributed by atoms with Crippen molar-refractivity contribution in [1.29, 1.82) is 0 Å². The average molecular weight is 154 g/mol. The summed E-state index contributed by atoms with van der Waals surface area (Å²) in [6.45, 7) is 0. The molecule has 0 amide bonds. The Morgan fingerprint density at radius 1 is 1.71 bits per heavy atom. The van der Waals surface area contributed by atoms with Gasteiger partial charge in [0.1, 0.15) is 0 Å². The molecule has 7 heavy (non-hydrogen) atoms. The van der Waals surface area contributed by atoms with Gasteiger partial charge in [-0.15, -0.1) is 0 Å². The van der Waals surface area contributed by atoms with Crippen molar-refractivity contribution < 1.29 is 49.6 Å². The van der Waals surface area contributed by atoms with Gasteiger partial charge in [0.05, 0.1) is 0 Å². The predicted molar refractivity (Wildman–Crippen MR) is 24.0 cm³/mol. The molecule has 0 saturated heterocycles. The topological polar surface area (TPSA) is 66.8 Å². The summed E-state index contributed by atoms with van der Waals surface area (Å²) >= 11 is 0. The number of rotatable bonds is 1. The van der Waals surface area contributed by atoms with Crippen LogP contribution >= 0.6 is 17.3 Å². The molecule has 0 aliphatic carbocycles. The van der Waals surface area contributed by atoms with Crippen LogP contribution in [-0.2, 0) is 8.88 Å². The van der Waals surface area contributed by atoms with Gasteiger partial charge in [-0.2, -0.15) is 0 Å². The van der Waals surface area contributed by atoms with E-state index in [4.69, 9.17) is 9.79 Å². The van der Waals surface area contributed by atoms with Crippen LogP contribution in [0.3, 0.4) is 0 Å². The smallest absolute Gasteiger partial charge is 1.00 e. The summed E-state index contributed by atoms with van der Waals surface area (Å²) in [6.07, 6.45) is 0. The van der Waals surface area contributed by atoms with Crippen molar-refractivity contribution in [3.05, 3.63) is 0 Å². The minimum Gasteiger partial charge on any atom is -1.00 e. The summed E-state index contributed by atoms with van der Waals surface area (Å²) in [7, 11) is -2.72. The number of hydrogen-bond acceptors (Lipinski definition) is 2. The SMILES string of the molecule is O=P(O)(O)OP.[H-].[Na+]. The van der Waals surface area contributed by atoms with Crippen LogP contribution in [0, 0.1) is 0 Å². The third kappa shape index (κ3) is 11.2. The first-order valence-corrected chi connectivity index (χ1v) is 3.00. The molecular formula is H5NaO4P2. The fourth-order valence-electron chi connectivity index (χ4n) is 0. The van der Waals surface area contributed by atoms with Crippen LogP contribution in [0.25, 0.3) is 0 Å². The van der Waals surface area contributed by atoms with E-state index in [1.54, 1.807) is 0 Å². The van der Waals surface area contributed by atoms with Crippen molar-refractivity contribution in [2.75, 3.05) is 0 Å². The Kier molecular flexibility index (Phi) is 7.17. The second-order valence-corrected chi connectivity index (χ2v) is 2.42. The van der Waals surface area contributed by atoms with E-state index in [0.717, 1.165) is 0 Å². The second kappa shape index (κ2) is 4.42. The fraction of sp³-hybridized carbons (Fsp3) is 0. The van der Waals surface area contributed by atoms with Crippen LogP contribution in [0.5, 0.6) is 0 Å². The van der Waals surface area contributed by atoms with Gasteiger partial charge in [-0.05, 0) is 0 Å². The Morgan fingerprint density at radius 2 is 1.86 bits per heavy atom. The van der Waals surface area contributed by atoms with E-state index in [1.807, 2.05) is 0 Å². The van der Waals surface area contributed by atoms with Gasteiger partial charge < -0.3 is 11.2 Å². The summed E-state index contributed by atoms with van der Waals surface area (Å²) < 4.78 is 13.0. The van der Waals surface area contributed by atoms with Crippen molar-refractivity contribution in [1.82, 2.24) is 0 Å². The quantitative estimate of drug-likeness (QED) is 0.312. The van der Waals surface area contributed by atoms with E-state index in [0.29, 0.717) is 0 Å². The Hall–Kier alpha value is 1.54. The Morgan fingerprint density at radius 3 is 1.86 bits per heavy atom. The van der Waals surface area contributed by atoms with Gasteiger partial charge in [-0.1, -0.05) is 0 Å². The molecule has 0 rings (SSSR count). The van der Waals surface area contributed by atoms with Gasteiger partial charge in [0.25, 0.3) is 0 Å². The van der Waals surface area contributed by atoms with Crippen LogP contribution in [0.4, 0.5) is 0 Å². The zero-order valence-electron chi connectivity index (χ0n) is 4.74. The maximum absolute atomic E-state index is 9.45. The van der Waals surface area contributed by atoms with E-state index in [-0.39, 0.29) is 31.0 Å². The van der Waals surface area contributed by atoms with Crippen molar-refractivity contribution in [2.45, 2.75) is 0 Å². The van der Waals surface area contributed by atoms with Crippen molar-refractivity contribution >= 4 is 17.3 Å². The molecule has 0 aromatic heterocycles.